The van der Waals surface area contributed by atoms with E-state index in [-0.39, 0.29) is 11.3 Å². The van der Waals surface area contributed by atoms with Crippen LogP contribution in [0.4, 0.5) is 0 Å². The lowest BCUT2D eigenvalue weighted by Crippen LogP contribution is -2.21. The highest BCUT2D eigenvalue weighted by Crippen LogP contribution is 2.30. The highest BCUT2D eigenvalue weighted by molar-refractivity contribution is 7.99. The number of aromatic nitrogens is 2. The summed E-state index contributed by atoms with van der Waals surface area (Å²) in [7, 11) is -3.01. The van der Waals surface area contributed by atoms with Crippen molar-refractivity contribution < 1.29 is 8.42 Å². The van der Waals surface area contributed by atoms with Gasteiger partial charge in [0.1, 0.15) is 14.7 Å². The third kappa shape index (κ3) is 4.56. The van der Waals surface area contributed by atoms with Gasteiger partial charge in [-0.25, -0.2) is 13.4 Å². The summed E-state index contributed by atoms with van der Waals surface area (Å²) in [4.78, 5) is 19.7. The first-order valence-corrected chi connectivity index (χ1v) is 12.5. The summed E-state index contributed by atoms with van der Waals surface area (Å²) in [5, 5.41) is 1.78. The maximum absolute atomic E-state index is 13.2. The van der Waals surface area contributed by atoms with E-state index in [1.807, 2.05) is 13.8 Å². The van der Waals surface area contributed by atoms with E-state index in [4.69, 9.17) is 16.6 Å². The Balaban J connectivity index is 2.08. The van der Waals surface area contributed by atoms with Gasteiger partial charge in [0, 0.05) is 21.9 Å². The Hall–Kier alpha value is -1.35. The molecule has 0 saturated carbocycles. The molecule has 0 aliphatic heterocycles. The molecule has 27 heavy (non-hydrogen) atoms. The van der Waals surface area contributed by atoms with Gasteiger partial charge in [-0.15, -0.1) is 11.3 Å². The van der Waals surface area contributed by atoms with Crippen LogP contribution in [-0.4, -0.2) is 35.7 Å². The Morgan fingerprint density at radius 1 is 1.22 bits per heavy atom. The van der Waals surface area contributed by atoms with Crippen molar-refractivity contribution in [2.75, 3.05) is 17.8 Å². The van der Waals surface area contributed by atoms with Gasteiger partial charge in [0.25, 0.3) is 5.56 Å². The van der Waals surface area contributed by atoms with Gasteiger partial charge >= 0.3 is 0 Å². The maximum atomic E-state index is 13.2. The number of thioether (sulfide) groups is 1. The third-order valence-corrected chi connectivity index (χ3v) is 7.56. The van der Waals surface area contributed by atoms with Gasteiger partial charge in [-0.2, -0.15) is 0 Å². The molecular weight excluding hydrogens is 424 g/mol. The van der Waals surface area contributed by atoms with Crippen molar-refractivity contribution in [3.63, 3.8) is 0 Å². The number of thiophene rings is 1. The molecule has 0 aliphatic rings. The third-order valence-electron chi connectivity index (χ3n) is 4.15. The van der Waals surface area contributed by atoms with Crippen LogP contribution in [0.3, 0.4) is 0 Å². The zero-order valence-corrected chi connectivity index (χ0v) is 18.4. The standard InChI is InChI=1S/C18H19ClN2O3S3/c1-11-12(2)26-16-15(11)17(22)21(14-7-5-13(19)6-8-14)18(20-16)25-9-4-10-27(3,23)24/h5-8H,4,9-10H2,1-3H3. The summed E-state index contributed by atoms with van der Waals surface area (Å²) in [5.41, 5.74) is 1.52. The van der Waals surface area contributed by atoms with E-state index in [1.54, 1.807) is 28.8 Å². The molecule has 0 bridgehead atoms. The Morgan fingerprint density at radius 2 is 1.89 bits per heavy atom. The van der Waals surface area contributed by atoms with Crippen molar-refractivity contribution in [2.45, 2.75) is 25.4 Å². The van der Waals surface area contributed by atoms with Gasteiger partial charge in [-0.05, 0) is 50.1 Å². The van der Waals surface area contributed by atoms with Crippen molar-refractivity contribution in [3.05, 3.63) is 50.1 Å². The normalized spacial score (nSPS) is 12.0. The minimum absolute atomic E-state index is 0.116. The predicted octanol–water partition coefficient (Wildman–Crippen LogP) is 4.24. The molecule has 5 nitrogen and oxygen atoms in total. The van der Waals surface area contributed by atoms with Crippen molar-refractivity contribution in [2.24, 2.45) is 0 Å². The quantitative estimate of drug-likeness (QED) is 0.324. The zero-order chi connectivity index (χ0) is 19.8. The monoisotopic (exact) mass is 442 g/mol. The molecule has 0 saturated heterocycles. The molecule has 0 atom stereocenters. The highest BCUT2D eigenvalue weighted by Gasteiger charge is 2.18. The fourth-order valence-electron chi connectivity index (χ4n) is 2.67. The number of hydrogen-bond acceptors (Lipinski definition) is 6. The molecule has 1 aromatic carbocycles. The summed E-state index contributed by atoms with van der Waals surface area (Å²) >= 11 is 8.88. The molecular formula is C18H19ClN2O3S3. The summed E-state index contributed by atoms with van der Waals surface area (Å²) in [6.07, 6.45) is 1.73. The van der Waals surface area contributed by atoms with Crippen LogP contribution < -0.4 is 5.56 Å². The molecule has 3 aromatic rings. The van der Waals surface area contributed by atoms with E-state index < -0.39 is 9.84 Å². The van der Waals surface area contributed by atoms with Gasteiger partial charge in [0.2, 0.25) is 0 Å². The minimum Gasteiger partial charge on any atom is -0.268 e. The molecule has 0 N–H and O–H groups in total. The average Bonchev–Trinajstić information content (AvgIpc) is 2.87. The second kappa shape index (κ2) is 7.95. The molecule has 144 valence electrons. The van der Waals surface area contributed by atoms with Crippen molar-refractivity contribution in [1.82, 2.24) is 9.55 Å². The molecule has 2 aromatic heterocycles. The summed E-state index contributed by atoms with van der Waals surface area (Å²) in [6.45, 7) is 3.91. The molecule has 9 heteroatoms. The second-order valence-electron chi connectivity index (χ2n) is 6.31. The lowest BCUT2D eigenvalue weighted by atomic mass is 10.2. The first-order chi connectivity index (χ1) is 12.7. The number of hydrogen-bond donors (Lipinski definition) is 0. The number of rotatable bonds is 6. The van der Waals surface area contributed by atoms with Crippen LogP contribution in [0.15, 0.2) is 34.2 Å². The molecule has 0 aliphatic carbocycles. The van der Waals surface area contributed by atoms with E-state index in [0.29, 0.717) is 38.3 Å². The SMILES string of the molecule is Cc1sc2nc(SCCCS(C)(=O)=O)n(-c3ccc(Cl)cc3)c(=O)c2c1C. The van der Waals surface area contributed by atoms with Gasteiger partial charge in [0.15, 0.2) is 5.16 Å². The summed E-state index contributed by atoms with van der Waals surface area (Å²) in [5.74, 6) is 0.673. The first-order valence-electron chi connectivity index (χ1n) is 8.26. The van der Waals surface area contributed by atoms with Crippen LogP contribution in [0.1, 0.15) is 16.9 Å². The second-order valence-corrected chi connectivity index (χ2v) is 11.3. The fraction of sp³-hybridized carbons (Fsp3) is 0.333. The summed E-state index contributed by atoms with van der Waals surface area (Å²) < 4.78 is 24.3. The minimum atomic E-state index is -3.01. The van der Waals surface area contributed by atoms with Gasteiger partial charge in [0.05, 0.1) is 16.8 Å². The topological polar surface area (TPSA) is 69.0 Å². The zero-order valence-electron chi connectivity index (χ0n) is 15.2. The predicted molar refractivity (Wildman–Crippen MR) is 115 cm³/mol. The molecule has 0 amide bonds. The number of fused-ring (bicyclic) bond motifs is 1. The molecule has 0 radical (unpaired) electrons. The smallest absolute Gasteiger partial charge is 0.267 e. The van der Waals surface area contributed by atoms with Crippen LogP contribution >= 0.6 is 34.7 Å². The van der Waals surface area contributed by atoms with E-state index in [0.717, 1.165) is 10.4 Å². The molecule has 0 unspecified atom stereocenters. The number of benzene rings is 1. The largest absolute Gasteiger partial charge is 0.268 e. The van der Waals surface area contributed by atoms with E-state index in [2.05, 4.69) is 0 Å². The molecule has 0 spiro atoms. The van der Waals surface area contributed by atoms with E-state index in [1.165, 1.54) is 29.4 Å². The lowest BCUT2D eigenvalue weighted by Gasteiger charge is -2.12. The van der Waals surface area contributed by atoms with Gasteiger partial charge in [-0.1, -0.05) is 23.4 Å². The van der Waals surface area contributed by atoms with Crippen LogP contribution in [0.2, 0.25) is 5.02 Å². The summed E-state index contributed by atoms with van der Waals surface area (Å²) in [6, 6.07) is 7.04. The van der Waals surface area contributed by atoms with Gasteiger partial charge in [-0.3, -0.25) is 9.36 Å². The highest BCUT2D eigenvalue weighted by atomic mass is 35.5. The van der Waals surface area contributed by atoms with E-state index >= 15 is 0 Å². The molecule has 0 fully saturated rings. The van der Waals surface area contributed by atoms with Crippen LogP contribution in [0, 0.1) is 13.8 Å². The van der Waals surface area contributed by atoms with Crippen LogP contribution in [0.5, 0.6) is 0 Å². The van der Waals surface area contributed by atoms with Gasteiger partial charge < -0.3 is 0 Å². The Bertz CT molecular complexity index is 1150. The number of halogens is 1. The lowest BCUT2D eigenvalue weighted by molar-refractivity contribution is 0.600. The Kier molecular flexibility index (Phi) is 6.00. The maximum Gasteiger partial charge on any atom is 0.267 e. The van der Waals surface area contributed by atoms with Crippen molar-refractivity contribution in [3.8, 4) is 5.69 Å². The molecule has 2 heterocycles. The van der Waals surface area contributed by atoms with Crippen molar-refractivity contribution in [1.29, 1.82) is 0 Å². The Morgan fingerprint density at radius 3 is 2.52 bits per heavy atom. The van der Waals surface area contributed by atoms with Crippen LogP contribution in [0.25, 0.3) is 15.9 Å². The van der Waals surface area contributed by atoms with E-state index in [9.17, 15) is 13.2 Å². The van der Waals surface area contributed by atoms with Crippen LogP contribution in [-0.2, 0) is 9.84 Å². The fourth-order valence-corrected chi connectivity index (χ4v) is 5.67. The first kappa shape index (κ1) is 20.4. The number of nitrogens with zero attached hydrogens (tertiary/aromatic N) is 2. The van der Waals surface area contributed by atoms with Crippen molar-refractivity contribution >= 4 is 54.8 Å². The molecule has 3 rings (SSSR count). The number of sulfone groups is 1. The Labute approximate surface area is 171 Å². The number of aryl methyl sites for hydroxylation is 2. The average molecular weight is 443 g/mol.